The predicted molar refractivity (Wildman–Crippen MR) is 101 cm³/mol. The van der Waals surface area contributed by atoms with Gasteiger partial charge >= 0.3 is 0 Å². The third-order valence-corrected chi connectivity index (χ3v) is 3.30. The molecule has 0 aliphatic rings. The summed E-state index contributed by atoms with van der Waals surface area (Å²) in [6.45, 7) is 9.05. The van der Waals surface area contributed by atoms with Crippen molar-refractivity contribution in [2.75, 3.05) is 38.7 Å². The maximum atomic E-state index is 11.3. The van der Waals surface area contributed by atoms with Gasteiger partial charge in [-0.05, 0) is 38.0 Å². The molecular weight excluding hydrogens is 320 g/mol. The summed E-state index contributed by atoms with van der Waals surface area (Å²) in [4.78, 5) is 15.9. The third-order valence-electron chi connectivity index (χ3n) is 3.30. The largest absolute Gasteiger partial charge is 0.495 e. The Labute approximate surface area is 150 Å². The number of benzene rings is 1. The van der Waals surface area contributed by atoms with Crippen molar-refractivity contribution in [3.05, 3.63) is 23.8 Å². The molecule has 0 spiro atoms. The van der Waals surface area contributed by atoms with Crippen LogP contribution in [0, 0.1) is 0 Å². The summed E-state index contributed by atoms with van der Waals surface area (Å²) in [5.74, 6) is 1.25. The van der Waals surface area contributed by atoms with Crippen molar-refractivity contribution < 1.29 is 14.3 Å². The van der Waals surface area contributed by atoms with E-state index in [9.17, 15) is 4.79 Å². The molecule has 0 saturated heterocycles. The molecular formula is C18H30N4O3. The lowest BCUT2D eigenvalue weighted by atomic mass is 10.2. The van der Waals surface area contributed by atoms with E-state index < -0.39 is 0 Å². The molecule has 25 heavy (non-hydrogen) atoms. The SMILES string of the molecule is CCNC(=NCc1ccc(OC)c(NC(C)=O)c1)NCCCOCC. The van der Waals surface area contributed by atoms with Gasteiger partial charge < -0.3 is 25.4 Å². The summed E-state index contributed by atoms with van der Waals surface area (Å²) >= 11 is 0. The van der Waals surface area contributed by atoms with Gasteiger partial charge in [0.05, 0.1) is 19.3 Å². The Bertz CT molecular complexity index is 561. The molecule has 140 valence electrons. The van der Waals surface area contributed by atoms with Crippen LogP contribution in [0.2, 0.25) is 0 Å². The van der Waals surface area contributed by atoms with Crippen LogP contribution in [0.15, 0.2) is 23.2 Å². The number of carbonyl (C=O) groups is 1. The molecule has 0 aliphatic carbocycles. The topological polar surface area (TPSA) is 84.0 Å². The highest BCUT2D eigenvalue weighted by atomic mass is 16.5. The van der Waals surface area contributed by atoms with E-state index in [1.807, 2.05) is 32.0 Å². The van der Waals surface area contributed by atoms with Crippen LogP contribution in [0.25, 0.3) is 0 Å². The molecule has 0 aliphatic heterocycles. The summed E-state index contributed by atoms with van der Waals surface area (Å²) in [6.07, 6.45) is 0.924. The number of anilines is 1. The Morgan fingerprint density at radius 2 is 2.04 bits per heavy atom. The van der Waals surface area contributed by atoms with E-state index in [4.69, 9.17) is 9.47 Å². The minimum absolute atomic E-state index is 0.136. The average molecular weight is 350 g/mol. The van der Waals surface area contributed by atoms with Crippen LogP contribution in [0.5, 0.6) is 5.75 Å². The van der Waals surface area contributed by atoms with E-state index >= 15 is 0 Å². The summed E-state index contributed by atoms with van der Waals surface area (Å²) in [7, 11) is 1.58. The molecule has 0 saturated carbocycles. The van der Waals surface area contributed by atoms with Crippen molar-refractivity contribution >= 4 is 17.6 Å². The second kappa shape index (κ2) is 12.1. The minimum atomic E-state index is -0.136. The van der Waals surface area contributed by atoms with Gasteiger partial charge in [0.25, 0.3) is 0 Å². The smallest absolute Gasteiger partial charge is 0.221 e. The molecule has 0 unspecified atom stereocenters. The number of hydrogen-bond donors (Lipinski definition) is 3. The van der Waals surface area contributed by atoms with Crippen LogP contribution in [0.3, 0.4) is 0 Å². The molecule has 0 aromatic heterocycles. The van der Waals surface area contributed by atoms with Crippen LogP contribution >= 0.6 is 0 Å². The van der Waals surface area contributed by atoms with Gasteiger partial charge in [0.2, 0.25) is 5.91 Å². The fourth-order valence-electron chi connectivity index (χ4n) is 2.18. The summed E-state index contributed by atoms with van der Waals surface area (Å²) in [5.41, 5.74) is 1.63. The van der Waals surface area contributed by atoms with Crippen LogP contribution in [0.4, 0.5) is 5.69 Å². The number of amides is 1. The summed E-state index contributed by atoms with van der Waals surface area (Å²) < 4.78 is 10.6. The van der Waals surface area contributed by atoms with E-state index in [1.54, 1.807) is 7.11 Å². The monoisotopic (exact) mass is 350 g/mol. The zero-order valence-corrected chi connectivity index (χ0v) is 15.6. The molecule has 3 N–H and O–H groups in total. The van der Waals surface area contributed by atoms with Gasteiger partial charge in [0.15, 0.2) is 5.96 Å². The first-order valence-corrected chi connectivity index (χ1v) is 8.65. The van der Waals surface area contributed by atoms with Crippen molar-refractivity contribution in [3.8, 4) is 5.75 Å². The van der Waals surface area contributed by atoms with Gasteiger partial charge in [0.1, 0.15) is 5.75 Å². The number of ether oxygens (including phenoxy) is 2. The number of nitrogens with one attached hydrogen (secondary N) is 3. The number of nitrogens with zero attached hydrogens (tertiary/aromatic N) is 1. The molecule has 1 aromatic rings. The van der Waals surface area contributed by atoms with E-state index in [0.717, 1.165) is 44.2 Å². The maximum Gasteiger partial charge on any atom is 0.221 e. The molecule has 0 atom stereocenters. The molecule has 0 bridgehead atoms. The Kier molecular flexibility index (Phi) is 10.1. The van der Waals surface area contributed by atoms with E-state index in [2.05, 4.69) is 20.9 Å². The first-order valence-electron chi connectivity index (χ1n) is 8.65. The highest BCUT2D eigenvalue weighted by Gasteiger charge is 2.06. The van der Waals surface area contributed by atoms with Crippen LogP contribution < -0.4 is 20.7 Å². The van der Waals surface area contributed by atoms with Gasteiger partial charge in [-0.25, -0.2) is 4.99 Å². The second-order valence-corrected chi connectivity index (χ2v) is 5.39. The van der Waals surface area contributed by atoms with Gasteiger partial charge in [-0.1, -0.05) is 6.07 Å². The second-order valence-electron chi connectivity index (χ2n) is 5.39. The van der Waals surface area contributed by atoms with Crippen molar-refractivity contribution in [3.63, 3.8) is 0 Å². The van der Waals surface area contributed by atoms with Crippen LogP contribution in [-0.2, 0) is 16.1 Å². The highest BCUT2D eigenvalue weighted by molar-refractivity contribution is 5.90. The fraction of sp³-hybridized carbons (Fsp3) is 0.556. The van der Waals surface area contributed by atoms with Crippen molar-refractivity contribution in [2.24, 2.45) is 4.99 Å². The molecule has 0 fully saturated rings. The molecule has 1 amide bonds. The van der Waals surface area contributed by atoms with Gasteiger partial charge in [-0.2, -0.15) is 0 Å². The third kappa shape index (κ3) is 8.39. The average Bonchev–Trinajstić information content (AvgIpc) is 2.59. The molecule has 7 nitrogen and oxygen atoms in total. The molecule has 1 rings (SSSR count). The number of aliphatic imine (C=N–C) groups is 1. The molecule has 7 heteroatoms. The van der Waals surface area contributed by atoms with Crippen LogP contribution in [-0.4, -0.2) is 45.3 Å². The van der Waals surface area contributed by atoms with E-state index in [1.165, 1.54) is 6.92 Å². The van der Waals surface area contributed by atoms with Crippen molar-refractivity contribution in [1.82, 2.24) is 10.6 Å². The van der Waals surface area contributed by atoms with Gasteiger partial charge in [-0.15, -0.1) is 0 Å². The minimum Gasteiger partial charge on any atom is -0.495 e. The van der Waals surface area contributed by atoms with Gasteiger partial charge in [0, 0.05) is 33.2 Å². The van der Waals surface area contributed by atoms with E-state index in [-0.39, 0.29) is 5.91 Å². The summed E-state index contributed by atoms with van der Waals surface area (Å²) in [6, 6.07) is 5.65. The van der Waals surface area contributed by atoms with Crippen molar-refractivity contribution in [1.29, 1.82) is 0 Å². The quantitative estimate of drug-likeness (QED) is 0.342. The lowest BCUT2D eigenvalue weighted by molar-refractivity contribution is -0.114. The highest BCUT2D eigenvalue weighted by Crippen LogP contribution is 2.25. The lowest BCUT2D eigenvalue weighted by Gasteiger charge is -2.12. The Hall–Kier alpha value is -2.28. The Morgan fingerprint density at radius 1 is 1.24 bits per heavy atom. The molecule has 0 radical (unpaired) electrons. The first kappa shape index (κ1) is 20.8. The number of methoxy groups -OCH3 is 1. The zero-order valence-electron chi connectivity index (χ0n) is 15.6. The standard InChI is InChI=1S/C18H30N4O3/c1-5-19-18(20-10-7-11-25-6-2)21-13-15-8-9-17(24-4)16(12-15)22-14(3)23/h8-9,12H,5-7,10-11,13H2,1-4H3,(H,22,23)(H2,19,20,21). The lowest BCUT2D eigenvalue weighted by Crippen LogP contribution is -2.38. The van der Waals surface area contributed by atoms with E-state index in [0.29, 0.717) is 18.0 Å². The predicted octanol–water partition coefficient (Wildman–Crippen LogP) is 2.14. The van der Waals surface area contributed by atoms with Gasteiger partial charge in [-0.3, -0.25) is 4.79 Å². The fourth-order valence-corrected chi connectivity index (χ4v) is 2.18. The summed E-state index contributed by atoms with van der Waals surface area (Å²) in [5, 5.41) is 9.27. The first-order chi connectivity index (χ1) is 12.1. The normalized spacial score (nSPS) is 11.1. The van der Waals surface area contributed by atoms with Crippen molar-refractivity contribution in [2.45, 2.75) is 33.7 Å². The molecule has 1 aromatic carbocycles. The van der Waals surface area contributed by atoms with Crippen LogP contribution in [0.1, 0.15) is 32.8 Å². The molecule has 0 heterocycles. The number of carbonyl (C=O) groups excluding carboxylic acids is 1. The number of guanidine groups is 1. The Balaban J connectivity index is 2.69. The zero-order chi connectivity index (χ0) is 18.5. The number of rotatable bonds is 10. The number of hydrogen-bond acceptors (Lipinski definition) is 4. The Morgan fingerprint density at radius 3 is 2.68 bits per heavy atom. The maximum absolute atomic E-state index is 11.3.